The van der Waals surface area contributed by atoms with E-state index in [0.29, 0.717) is 0 Å². The molecule has 22 heavy (non-hydrogen) atoms. The molecule has 0 aliphatic rings. The van der Waals surface area contributed by atoms with Crippen LogP contribution < -0.4 is 10.6 Å². The number of nitrogens with one attached hydrogen (secondary N) is 2. The van der Waals surface area contributed by atoms with Gasteiger partial charge < -0.3 is 20.1 Å². The van der Waals surface area contributed by atoms with E-state index in [9.17, 15) is 14.4 Å². The van der Waals surface area contributed by atoms with Crippen LogP contribution in [0.1, 0.15) is 11.6 Å². The number of carbonyl (C=O) groups excluding carboxylic acids is 3. The Balaban J connectivity index is 2.65. The molecule has 0 aliphatic carbocycles. The molecule has 2 N–H and O–H groups in total. The highest BCUT2D eigenvalue weighted by Crippen LogP contribution is 2.13. The van der Waals surface area contributed by atoms with Gasteiger partial charge in [0.25, 0.3) is 0 Å². The van der Waals surface area contributed by atoms with Crippen molar-refractivity contribution in [3.63, 3.8) is 0 Å². The topological polar surface area (TPSA) is 93.7 Å². The maximum Gasteiger partial charge on any atom is 0.331 e. The fourth-order valence-electron chi connectivity index (χ4n) is 1.55. The minimum atomic E-state index is -0.704. The second-order valence-electron chi connectivity index (χ2n) is 4.17. The molecule has 0 bridgehead atoms. The Bertz CT molecular complexity index is 542. The van der Waals surface area contributed by atoms with E-state index in [2.05, 4.69) is 15.4 Å². The van der Waals surface area contributed by atoms with Crippen molar-refractivity contribution < 1.29 is 23.9 Å². The number of urea groups is 1. The summed E-state index contributed by atoms with van der Waals surface area (Å²) in [5.41, 5.74) is 0.788. The number of amides is 2. The Labute approximate surface area is 128 Å². The summed E-state index contributed by atoms with van der Waals surface area (Å²) >= 11 is 0. The third-order valence-corrected chi connectivity index (χ3v) is 2.68. The lowest BCUT2D eigenvalue weighted by molar-refractivity contribution is -0.139. The van der Waals surface area contributed by atoms with E-state index in [4.69, 9.17) is 4.74 Å². The molecule has 118 valence electrons. The third-order valence-electron chi connectivity index (χ3n) is 2.68. The first-order valence-electron chi connectivity index (χ1n) is 6.52. The first kappa shape index (κ1) is 17.2. The van der Waals surface area contributed by atoms with Gasteiger partial charge in [-0.05, 0) is 5.56 Å². The van der Waals surface area contributed by atoms with Gasteiger partial charge in [0.05, 0.1) is 13.2 Å². The van der Waals surface area contributed by atoms with Gasteiger partial charge in [-0.25, -0.2) is 14.4 Å². The average Bonchev–Trinajstić information content (AvgIpc) is 2.56. The number of benzene rings is 1. The number of ether oxygens (including phenoxy) is 2. The second-order valence-corrected chi connectivity index (χ2v) is 4.17. The molecule has 1 aromatic rings. The van der Waals surface area contributed by atoms with Crippen LogP contribution in [0.3, 0.4) is 0 Å². The van der Waals surface area contributed by atoms with E-state index in [1.165, 1.54) is 14.2 Å². The van der Waals surface area contributed by atoms with Gasteiger partial charge in [0.15, 0.2) is 0 Å². The van der Waals surface area contributed by atoms with E-state index in [1.54, 1.807) is 12.1 Å². The van der Waals surface area contributed by atoms with E-state index >= 15 is 0 Å². The van der Waals surface area contributed by atoms with Gasteiger partial charge in [0.2, 0.25) is 0 Å². The zero-order chi connectivity index (χ0) is 16.4. The standard InChI is InChI=1S/C15H18N2O5/c1-16-15(20)17-12(11-6-4-3-5-7-11)10-22-14(19)9-8-13(18)21-2/h3-9,12H,10H2,1-2H3,(H2,16,17,20)/b9-8+/t12-/m1/s1. The summed E-state index contributed by atoms with van der Waals surface area (Å²) in [6.45, 7) is -0.0677. The summed E-state index contributed by atoms with van der Waals surface area (Å²) in [6, 6.07) is 8.18. The van der Waals surface area contributed by atoms with Gasteiger partial charge in [0, 0.05) is 19.2 Å². The van der Waals surface area contributed by atoms with E-state index in [-0.39, 0.29) is 6.61 Å². The second kappa shape index (κ2) is 9.17. The minimum absolute atomic E-state index is 0.0677. The Morgan fingerprint density at radius 1 is 1.14 bits per heavy atom. The van der Waals surface area contributed by atoms with Gasteiger partial charge in [-0.15, -0.1) is 0 Å². The smallest absolute Gasteiger partial charge is 0.331 e. The van der Waals surface area contributed by atoms with Crippen LogP contribution in [0.2, 0.25) is 0 Å². The summed E-state index contributed by atoms with van der Waals surface area (Å²) in [5.74, 6) is -1.36. The SMILES string of the molecule is CNC(=O)N[C@H](COC(=O)/C=C/C(=O)OC)c1ccccc1. The number of methoxy groups -OCH3 is 1. The van der Waals surface area contributed by atoms with E-state index in [0.717, 1.165) is 17.7 Å². The molecule has 0 spiro atoms. The minimum Gasteiger partial charge on any atom is -0.466 e. The van der Waals surface area contributed by atoms with Crippen molar-refractivity contribution in [1.29, 1.82) is 0 Å². The highest BCUT2D eigenvalue weighted by Gasteiger charge is 2.15. The summed E-state index contributed by atoms with van der Waals surface area (Å²) in [6.07, 6.45) is 1.93. The molecular weight excluding hydrogens is 288 g/mol. The summed E-state index contributed by atoms with van der Waals surface area (Å²) < 4.78 is 9.39. The van der Waals surface area contributed by atoms with Crippen LogP contribution >= 0.6 is 0 Å². The van der Waals surface area contributed by atoms with Crippen LogP contribution in [0.15, 0.2) is 42.5 Å². The van der Waals surface area contributed by atoms with Crippen LogP contribution in [0.25, 0.3) is 0 Å². The first-order chi connectivity index (χ1) is 10.6. The Morgan fingerprint density at radius 3 is 2.36 bits per heavy atom. The fraction of sp³-hybridized carbons (Fsp3) is 0.267. The molecule has 7 nitrogen and oxygen atoms in total. The molecule has 1 aromatic carbocycles. The first-order valence-corrected chi connectivity index (χ1v) is 6.52. The lowest BCUT2D eigenvalue weighted by atomic mass is 10.1. The lowest BCUT2D eigenvalue weighted by Gasteiger charge is -2.18. The van der Waals surface area contributed by atoms with Crippen LogP contribution in [-0.4, -0.2) is 38.7 Å². The van der Waals surface area contributed by atoms with E-state index in [1.807, 2.05) is 18.2 Å². The lowest BCUT2D eigenvalue weighted by Crippen LogP contribution is -2.38. The number of rotatable bonds is 6. The van der Waals surface area contributed by atoms with Crippen molar-refractivity contribution in [2.24, 2.45) is 0 Å². The van der Waals surface area contributed by atoms with Gasteiger partial charge in [-0.1, -0.05) is 30.3 Å². The molecule has 0 unspecified atom stereocenters. The maximum atomic E-state index is 11.5. The largest absolute Gasteiger partial charge is 0.466 e. The van der Waals surface area contributed by atoms with Crippen LogP contribution in [0.4, 0.5) is 4.79 Å². The van der Waals surface area contributed by atoms with Crippen molar-refractivity contribution in [2.75, 3.05) is 20.8 Å². The highest BCUT2D eigenvalue weighted by molar-refractivity contribution is 5.91. The normalized spacial score (nSPS) is 11.5. The van der Waals surface area contributed by atoms with Gasteiger partial charge in [0.1, 0.15) is 6.61 Å². The number of esters is 2. The summed E-state index contributed by atoms with van der Waals surface area (Å²) in [4.78, 5) is 33.8. The van der Waals surface area contributed by atoms with E-state index < -0.39 is 24.0 Å². The molecule has 0 saturated heterocycles. The van der Waals surface area contributed by atoms with Crippen molar-refractivity contribution >= 4 is 18.0 Å². The molecule has 0 aromatic heterocycles. The predicted octanol–water partition coefficient (Wildman–Crippen LogP) is 0.929. The molecule has 0 radical (unpaired) electrons. The predicted molar refractivity (Wildman–Crippen MR) is 78.9 cm³/mol. The maximum absolute atomic E-state index is 11.5. The van der Waals surface area contributed by atoms with Gasteiger partial charge >= 0.3 is 18.0 Å². The molecule has 0 fully saturated rings. The van der Waals surface area contributed by atoms with Crippen LogP contribution in [-0.2, 0) is 19.1 Å². The van der Waals surface area contributed by atoms with Crippen molar-refractivity contribution in [3.8, 4) is 0 Å². The molecule has 2 amide bonds. The monoisotopic (exact) mass is 306 g/mol. The van der Waals surface area contributed by atoms with Gasteiger partial charge in [-0.3, -0.25) is 0 Å². The number of carbonyl (C=O) groups is 3. The molecule has 0 saturated carbocycles. The Hall–Kier alpha value is -2.83. The number of hydrogen-bond acceptors (Lipinski definition) is 5. The fourth-order valence-corrected chi connectivity index (χ4v) is 1.55. The molecular formula is C15H18N2O5. The molecule has 0 aliphatic heterocycles. The zero-order valence-electron chi connectivity index (χ0n) is 12.4. The third kappa shape index (κ3) is 6.08. The summed E-state index contributed by atoms with van der Waals surface area (Å²) in [7, 11) is 2.69. The Morgan fingerprint density at radius 2 is 1.77 bits per heavy atom. The van der Waals surface area contributed by atoms with Crippen molar-refractivity contribution in [3.05, 3.63) is 48.0 Å². The molecule has 1 atom stereocenters. The van der Waals surface area contributed by atoms with Gasteiger partial charge in [-0.2, -0.15) is 0 Å². The highest BCUT2D eigenvalue weighted by atomic mass is 16.5. The molecule has 0 heterocycles. The average molecular weight is 306 g/mol. The van der Waals surface area contributed by atoms with Crippen LogP contribution in [0, 0.1) is 0 Å². The zero-order valence-corrected chi connectivity index (χ0v) is 12.4. The van der Waals surface area contributed by atoms with Crippen LogP contribution in [0.5, 0.6) is 0 Å². The molecule has 1 rings (SSSR count). The Kier molecular flexibility index (Phi) is 7.18. The van der Waals surface area contributed by atoms with Crippen molar-refractivity contribution in [1.82, 2.24) is 10.6 Å². The van der Waals surface area contributed by atoms with Crippen molar-refractivity contribution in [2.45, 2.75) is 6.04 Å². The quantitative estimate of drug-likeness (QED) is 0.602. The molecule has 7 heteroatoms. The summed E-state index contributed by atoms with van der Waals surface area (Å²) in [5, 5.41) is 5.11. The number of hydrogen-bond donors (Lipinski definition) is 2.